The van der Waals surface area contributed by atoms with Crippen LogP contribution < -0.4 is 0 Å². The zero-order valence-corrected chi connectivity index (χ0v) is 9.56. The highest BCUT2D eigenvalue weighted by Gasteiger charge is 2.08. The summed E-state index contributed by atoms with van der Waals surface area (Å²) in [4.78, 5) is 3.14. The van der Waals surface area contributed by atoms with E-state index in [-0.39, 0.29) is 5.75 Å². The second-order valence-corrected chi connectivity index (χ2v) is 6.04. The number of aryl methyl sites for hydroxylation is 1. The Labute approximate surface area is 89.0 Å². The molecular weight excluding hydrogens is 210 g/mol. The summed E-state index contributed by atoms with van der Waals surface area (Å²) >= 11 is 0. The van der Waals surface area contributed by atoms with Crippen molar-refractivity contribution in [3.8, 4) is 0 Å². The van der Waals surface area contributed by atoms with Crippen molar-refractivity contribution in [2.24, 2.45) is 0 Å². The summed E-state index contributed by atoms with van der Waals surface area (Å²) in [5.41, 5.74) is 2.91. The Balaban J connectivity index is 2.53. The Bertz CT molecular complexity index is 596. The summed E-state index contributed by atoms with van der Waals surface area (Å²) in [5.74, 6) is 0.0706. The molecule has 0 bridgehead atoms. The molecule has 1 aromatic heterocycles. The molecular formula is C11H13NO2S. The number of hydrogen-bond acceptors (Lipinski definition) is 2. The average molecular weight is 223 g/mol. The minimum absolute atomic E-state index is 0.0706. The van der Waals surface area contributed by atoms with Gasteiger partial charge in [-0.2, -0.15) is 0 Å². The molecule has 0 spiro atoms. The van der Waals surface area contributed by atoms with Crippen molar-refractivity contribution in [3.63, 3.8) is 0 Å². The smallest absolute Gasteiger partial charge is 0.153 e. The van der Waals surface area contributed by atoms with E-state index in [1.54, 1.807) is 0 Å². The molecule has 1 aromatic carbocycles. The topological polar surface area (TPSA) is 49.9 Å². The van der Waals surface area contributed by atoms with Gasteiger partial charge in [-0.15, -0.1) is 0 Å². The molecule has 2 aromatic rings. The Kier molecular flexibility index (Phi) is 2.31. The number of fused-ring (bicyclic) bond motifs is 1. The van der Waals surface area contributed by atoms with Crippen LogP contribution in [-0.4, -0.2) is 19.7 Å². The van der Waals surface area contributed by atoms with Crippen molar-refractivity contribution in [1.29, 1.82) is 0 Å². The van der Waals surface area contributed by atoms with Crippen LogP contribution in [0.4, 0.5) is 0 Å². The fourth-order valence-electron chi connectivity index (χ4n) is 1.73. The van der Waals surface area contributed by atoms with Crippen LogP contribution in [0.1, 0.15) is 11.3 Å². The lowest BCUT2D eigenvalue weighted by Crippen LogP contribution is -2.00. The van der Waals surface area contributed by atoms with Gasteiger partial charge in [-0.25, -0.2) is 8.42 Å². The second-order valence-electron chi connectivity index (χ2n) is 3.90. The van der Waals surface area contributed by atoms with Gasteiger partial charge in [0.1, 0.15) is 0 Å². The van der Waals surface area contributed by atoms with Gasteiger partial charge in [0.25, 0.3) is 0 Å². The molecule has 1 heterocycles. The van der Waals surface area contributed by atoms with Crippen molar-refractivity contribution in [2.45, 2.75) is 12.7 Å². The normalized spacial score (nSPS) is 12.1. The van der Waals surface area contributed by atoms with Gasteiger partial charge >= 0.3 is 0 Å². The van der Waals surface area contributed by atoms with Crippen molar-refractivity contribution >= 4 is 20.7 Å². The molecule has 0 unspecified atom stereocenters. The number of nitrogens with one attached hydrogen (secondary N) is 1. The SMILES string of the molecule is Cc1cccc2cc(CS(C)(=O)=O)[nH]c12. The summed E-state index contributed by atoms with van der Waals surface area (Å²) in [6.45, 7) is 2.00. The summed E-state index contributed by atoms with van der Waals surface area (Å²) in [6.07, 6.45) is 1.24. The van der Waals surface area contributed by atoms with E-state index < -0.39 is 9.84 Å². The van der Waals surface area contributed by atoms with E-state index in [0.29, 0.717) is 0 Å². The average Bonchev–Trinajstić information content (AvgIpc) is 2.45. The van der Waals surface area contributed by atoms with Crippen molar-refractivity contribution in [3.05, 3.63) is 35.5 Å². The molecule has 80 valence electrons. The maximum absolute atomic E-state index is 11.1. The molecule has 0 aliphatic heterocycles. The Morgan fingerprint density at radius 1 is 1.33 bits per heavy atom. The van der Waals surface area contributed by atoms with Crippen LogP contribution in [0.15, 0.2) is 24.3 Å². The first kappa shape index (κ1) is 10.2. The monoisotopic (exact) mass is 223 g/mol. The molecule has 0 aliphatic rings. The molecule has 2 rings (SSSR count). The Morgan fingerprint density at radius 2 is 2.07 bits per heavy atom. The Morgan fingerprint density at radius 3 is 2.67 bits per heavy atom. The predicted molar refractivity (Wildman–Crippen MR) is 61.6 cm³/mol. The first-order chi connectivity index (χ1) is 6.96. The van der Waals surface area contributed by atoms with Gasteiger partial charge in [-0.3, -0.25) is 0 Å². The third-order valence-electron chi connectivity index (χ3n) is 2.34. The molecule has 0 atom stereocenters. The fourth-order valence-corrected chi connectivity index (χ4v) is 2.45. The van der Waals surface area contributed by atoms with E-state index in [0.717, 1.165) is 22.2 Å². The quantitative estimate of drug-likeness (QED) is 0.846. The first-order valence-electron chi connectivity index (χ1n) is 4.71. The van der Waals surface area contributed by atoms with Crippen LogP contribution in [0.25, 0.3) is 10.9 Å². The second kappa shape index (κ2) is 3.38. The minimum Gasteiger partial charge on any atom is -0.357 e. The Hall–Kier alpha value is -1.29. The predicted octanol–water partition coefficient (Wildman–Crippen LogP) is 2.02. The van der Waals surface area contributed by atoms with Gasteiger partial charge in [0.05, 0.1) is 5.75 Å². The molecule has 1 N–H and O–H groups in total. The van der Waals surface area contributed by atoms with Crippen LogP contribution in [0.5, 0.6) is 0 Å². The number of para-hydroxylation sites is 1. The molecule has 0 fully saturated rings. The van der Waals surface area contributed by atoms with E-state index in [9.17, 15) is 8.42 Å². The van der Waals surface area contributed by atoms with Crippen molar-refractivity contribution in [2.75, 3.05) is 6.26 Å². The standard InChI is InChI=1S/C11H13NO2S/c1-8-4-3-5-9-6-10(12-11(8)9)7-15(2,13)14/h3-6,12H,7H2,1-2H3. The third kappa shape index (κ3) is 2.21. The summed E-state index contributed by atoms with van der Waals surface area (Å²) in [5, 5.41) is 1.06. The van der Waals surface area contributed by atoms with Crippen LogP contribution in [0, 0.1) is 6.92 Å². The van der Waals surface area contributed by atoms with Crippen molar-refractivity contribution in [1.82, 2.24) is 4.98 Å². The number of H-pyrrole nitrogens is 1. The number of hydrogen-bond donors (Lipinski definition) is 1. The number of aromatic nitrogens is 1. The van der Waals surface area contributed by atoms with E-state index >= 15 is 0 Å². The molecule has 4 heteroatoms. The fraction of sp³-hybridized carbons (Fsp3) is 0.273. The van der Waals surface area contributed by atoms with Gasteiger partial charge in [0.2, 0.25) is 0 Å². The molecule has 0 saturated carbocycles. The number of sulfone groups is 1. The summed E-state index contributed by atoms with van der Waals surface area (Å²) in [7, 11) is -2.97. The number of benzene rings is 1. The molecule has 15 heavy (non-hydrogen) atoms. The lowest BCUT2D eigenvalue weighted by Gasteiger charge is -1.94. The molecule has 0 aliphatic carbocycles. The lowest BCUT2D eigenvalue weighted by molar-refractivity contribution is 0.600. The lowest BCUT2D eigenvalue weighted by atomic mass is 10.2. The van der Waals surface area contributed by atoms with E-state index in [2.05, 4.69) is 4.98 Å². The van der Waals surface area contributed by atoms with E-state index in [4.69, 9.17) is 0 Å². The van der Waals surface area contributed by atoms with Gasteiger partial charge in [-0.1, -0.05) is 18.2 Å². The highest BCUT2D eigenvalue weighted by molar-refractivity contribution is 7.89. The van der Waals surface area contributed by atoms with Gasteiger partial charge in [0.15, 0.2) is 9.84 Å². The van der Waals surface area contributed by atoms with E-state index in [1.807, 2.05) is 31.2 Å². The van der Waals surface area contributed by atoms with Crippen LogP contribution in [0.3, 0.4) is 0 Å². The number of rotatable bonds is 2. The van der Waals surface area contributed by atoms with Crippen LogP contribution in [-0.2, 0) is 15.6 Å². The van der Waals surface area contributed by atoms with Gasteiger partial charge in [-0.05, 0) is 23.9 Å². The van der Waals surface area contributed by atoms with Crippen LogP contribution >= 0.6 is 0 Å². The summed E-state index contributed by atoms with van der Waals surface area (Å²) in [6, 6.07) is 7.84. The highest BCUT2D eigenvalue weighted by Crippen LogP contribution is 2.19. The molecule has 3 nitrogen and oxygen atoms in total. The first-order valence-corrected chi connectivity index (χ1v) is 6.77. The number of aromatic amines is 1. The zero-order chi connectivity index (χ0) is 11.1. The molecule has 0 radical (unpaired) electrons. The molecule has 0 amide bonds. The maximum Gasteiger partial charge on any atom is 0.153 e. The highest BCUT2D eigenvalue weighted by atomic mass is 32.2. The largest absolute Gasteiger partial charge is 0.357 e. The van der Waals surface area contributed by atoms with Gasteiger partial charge < -0.3 is 4.98 Å². The summed E-state index contributed by atoms with van der Waals surface area (Å²) < 4.78 is 22.3. The van der Waals surface area contributed by atoms with E-state index in [1.165, 1.54) is 6.26 Å². The zero-order valence-electron chi connectivity index (χ0n) is 8.74. The molecule has 0 saturated heterocycles. The van der Waals surface area contributed by atoms with Crippen molar-refractivity contribution < 1.29 is 8.42 Å². The van der Waals surface area contributed by atoms with Gasteiger partial charge in [0, 0.05) is 17.5 Å². The third-order valence-corrected chi connectivity index (χ3v) is 3.17. The maximum atomic E-state index is 11.1. The minimum atomic E-state index is -2.97. The van der Waals surface area contributed by atoms with Crippen LogP contribution in [0.2, 0.25) is 0 Å².